The molecule has 0 radical (unpaired) electrons. The summed E-state index contributed by atoms with van der Waals surface area (Å²) in [5.41, 5.74) is 2.17. The molecule has 1 atom stereocenters. The molecule has 0 N–H and O–H groups in total. The molecule has 0 amide bonds. The Morgan fingerprint density at radius 3 is 2.73 bits per heavy atom. The second kappa shape index (κ2) is 3.35. The summed E-state index contributed by atoms with van der Waals surface area (Å²) in [6.07, 6.45) is 2.18. The molecule has 0 fully saturated rings. The van der Waals surface area contributed by atoms with Crippen molar-refractivity contribution in [2.75, 3.05) is 0 Å². The van der Waals surface area contributed by atoms with Crippen molar-refractivity contribution in [2.45, 2.75) is 20.0 Å². The SMILES string of the molecule is CC1=CC(=O)C2=CC(C(=O)Cl)OC2=C1C. The Hall–Kier alpha value is -1.35. The van der Waals surface area contributed by atoms with E-state index in [0.717, 1.165) is 11.1 Å². The summed E-state index contributed by atoms with van der Waals surface area (Å²) in [5, 5.41) is -0.609. The average Bonchev–Trinajstić information content (AvgIpc) is 2.59. The van der Waals surface area contributed by atoms with E-state index in [9.17, 15) is 9.59 Å². The largest absolute Gasteiger partial charge is 0.476 e. The second-order valence-electron chi connectivity index (χ2n) is 3.57. The van der Waals surface area contributed by atoms with Crippen molar-refractivity contribution in [1.82, 2.24) is 0 Å². The summed E-state index contributed by atoms with van der Waals surface area (Å²) in [7, 11) is 0. The molecular formula is C11H9ClO3. The first-order valence-corrected chi connectivity index (χ1v) is 4.90. The number of ether oxygens (including phenoxy) is 1. The van der Waals surface area contributed by atoms with Crippen LogP contribution in [0.3, 0.4) is 0 Å². The van der Waals surface area contributed by atoms with Crippen LogP contribution in [0, 0.1) is 0 Å². The minimum absolute atomic E-state index is 0.131. The van der Waals surface area contributed by atoms with Crippen LogP contribution in [-0.2, 0) is 14.3 Å². The lowest BCUT2D eigenvalue weighted by molar-refractivity contribution is -0.117. The fraction of sp³-hybridized carbons (Fsp3) is 0.273. The topological polar surface area (TPSA) is 43.4 Å². The molecule has 1 heterocycles. The van der Waals surface area contributed by atoms with Gasteiger partial charge in [0.15, 0.2) is 11.9 Å². The van der Waals surface area contributed by atoms with E-state index in [2.05, 4.69) is 0 Å². The van der Waals surface area contributed by atoms with E-state index >= 15 is 0 Å². The highest BCUT2D eigenvalue weighted by molar-refractivity contribution is 6.65. The van der Waals surface area contributed by atoms with Gasteiger partial charge in [-0.2, -0.15) is 0 Å². The third-order valence-electron chi connectivity index (χ3n) is 2.58. The number of hydrogen-bond donors (Lipinski definition) is 0. The van der Waals surface area contributed by atoms with Gasteiger partial charge in [0.05, 0.1) is 5.57 Å². The van der Waals surface area contributed by atoms with Gasteiger partial charge in [0, 0.05) is 0 Å². The van der Waals surface area contributed by atoms with Gasteiger partial charge in [-0.3, -0.25) is 9.59 Å². The molecule has 15 heavy (non-hydrogen) atoms. The number of halogens is 1. The monoisotopic (exact) mass is 224 g/mol. The molecule has 4 heteroatoms. The van der Waals surface area contributed by atoms with Crippen LogP contribution < -0.4 is 0 Å². The average molecular weight is 225 g/mol. The zero-order valence-corrected chi connectivity index (χ0v) is 9.09. The number of hydrogen-bond acceptors (Lipinski definition) is 3. The van der Waals surface area contributed by atoms with E-state index in [0.29, 0.717) is 11.3 Å². The minimum Gasteiger partial charge on any atom is -0.476 e. The predicted octanol–water partition coefficient (Wildman–Crippen LogP) is 1.88. The van der Waals surface area contributed by atoms with Gasteiger partial charge in [0.2, 0.25) is 0 Å². The zero-order valence-electron chi connectivity index (χ0n) is 8.33. The molecule has 0 bridgehead atoms. The summed E-state index contributed by atoms with van der Waals surface area (Å²) in [6.45, 7) is 3.68. The Labute approximate surface area is 92.0 Å². The van der Waals surface area contributed by atoms with Crippen LogP contribution in [0.1, 0.15) is 13.8 Å². The maximum absolute atomic E-state index is 11.6. The highest BCUT2D eigenvalue weighted by Gasteiger charge is 2.33. The molecule has 0 saturated heterocycles. The summed E-state index contributed by atoms with van der Waals surface area (Å²) < 4.78 is 5.32. The minimum atomic E-state index is -0.824. The molecule has 0 spiro atoms. The van der Waals surface area contributed by atoms with Crippen LogP contribution in [0.15, 0.2) is 34.6 Å². The number of fused-ring (bicyclic) bond motifs is 1. The van der Waals surface area contributed by atoms with Crippen molar-refractivity contribution in [3.8, 4) is 0 Å². The Bertz CT molecular complexity index is 454. The maximum atomic E-state index is 11.6. The highest BCUT2D eigenvalue weighted by Crippen LogP contribution is 2.34. The van der Waals surface area contributed by atoms with Gasteiger partial charge in [-0.05, 0) is 48.7 Å². The van der Waals surface area contributed by atoms with Gasteiger partial charge >= 0.3 is 0 Å². The lowest BCUT2D eigenvalue weighted by Gasteiger charge is -2.15. The number of carbonyl (C=O) groups excluding carboxylic acids is 2. The number of rotatable bonds is 1. The molecule has 0 aromatic rings. The smallest absolute Gasteiger partial charge is 0.266 e. The Morgan fingerprint density at radius 1 is 1.47 bits per heavy atom. The first-order valence-electron chi connectivity index (χ1n) is 4.53. The van der Waals surface area contributed by atoms with Gasteiger partial charge in [0.25, 0.3) is 5.24 Å². The predicted molar refractivity (Wildman–Crippen MR) is 55.3 cm³/mol. The molecule has 2 rings (SSSR count). The highest BCUT2D eigenvalue weighted by atomic mass is 35.5. The third-order valence-corrected chi connectivity index (χ3v) is 2.79. The first kappa shape index (κ1) is 10.2. The van der Waals surface area contributed by atoms with Crippen LogP contribution in [0.2, 0.25) is 0 Å². The summed E-state index contributed by atoms with van der Waals surface area (Å²) in [5.74, 6) is 0.354. The molecule has 0 aromatic carbocycles. The lowest BCUT2D eigenvalue weighted by Crippen LogP contribution is -2.13. The number of ketones is 1. The van der Waals surface area contributed by atoms with Gasteiger partial charge < -0.3 is 4.74 Å². The van der Waals surface area contributed by atoms with Gasteiger partial charge in [-0.1, -0.05) is 0 Å². The Kier molecular flexibility index (Phi) is 2.27. The molecule has 0 saturated carbocycles. The van der Waals surface area contributed by atoms with E-state index < -0.39 is 11.3 Å². The summed E-state index contributed by atoms with van der Waals surface area (Å²) in [4.78, 5) is 22.5. The van der Waals surface area contributed by atoms with Crippen molar-refractivity contribution in [3.05, 3.63) is 34.6 Å². The fourth-order valence-corrected chi connectivity index (χ4v) is 1.72. The van der Waals surface area contributed by atoms with Crippen LogP contribution in [-0.4, -0.2) is 17.1 Å². The lowest BCUT2D eigenvalue weighted by atomic mass is 9.94. The molecule has 1 aliphatic heterocycles. The van der Waals surface area contributed by atoms with Crippen molar-refractivity contribution in [2.24, 2.45) is 0 Å². The van der Waals surface area contributed by atoms with Crippen LogP contribution in [0.25, 0.3) is 0 Å². The molecular weight excluding hydrogens is 216 g/mol. The van der Waals surface area contributed by atoms with Crippen molar-refractivity contribution >= 4 is 22.6 Å². The standard InChI is InChI=1S/C11H9ClO3/c1-5-3-8(13)7-4-9(11(12)14)15-10(7)6(5)2/h3-4,9H,1-2H3. The number of allylic oxidation sites excluding steroid dienone is 4. The fourth-order valence-electron chi connectivity index (χ4n) is 1.61. The Balaban J connectivity index is 2.47. The summed E-state index contributed by atoms with van der Waals surface area (Å²) >= 11 is 5.32. The third kappa shape index (κ3) is 1.53. The van der Waals surface area contributed by atoms with E-state index in [-0.39, 0.29) is 5.78 Å². The zero-order chi connectivity index (χ0) is 11.2. The normalized spacial score (nSPS) is 24.5. The van der Waals surface area contributed by atoms with Crippen LogP contribution in [0.4, 0.5) is 0 Å². The molecule has 3 nitrogen and oxygen atoms in total. The van der Waals surface area contributed by atoms with Crippen molar-refractivity contribution < 1.29 is 14.3 Å². The van der Waals surface area contributed by atoms with Crippen LogP contribution in [0.5, 0.6) is 0 Å². The van der Waals surface area contributed by atoms with E-state index in [4.69, 9.17) is 16.3 Å². The van der Waals surface area contributed by atoms with E-state index in [1.54, 1.807) is 0 Å². The second-order valence-corrected chi connectivity index (χ2v) is 3.94. The Morgan fingerprint density at radius 2 is 2.13 bits per heavy atom. The molecule has 1 aliphatic carbocycles. The van der Waals surface area contributed by atoms with Crippen molar-refractivity contribution in [3.63, 3.8) is 0 Å². The van der Waals surface area contributed by atoms with E-state index in [1.165, 1.54) is 12.2 Å². The molecule has 1 unspecified atom stereocenters. The summed E-state index contributed by atoms with van der Waals surface area (Å²) in [6, 6.07) is 0. The molecule has 0 aromatic heterocycles. The van der Waals surface area contributed by atoms with Gasteiger partial charge in [-0.25, -0.2) is 0 Å². The maximum Gasteiger partial charge on any atom is 0.266 e. The van der Waals surface area contributed by atoms with Gasteiger partial charge in [0.1, 0.15) is 5.76 Å². The van der Waals surface area contributed by atoms with E-state index in [1.807, 2.05) is 13.8 Å². The quantitative estimate of drug-likeness (QED) is 0.639. The number of carbonyl (C=O) groups is 2. The van der Waals surface area contributed by atoms with Crippen molar-refractivity contribution in [1.29, 1.82) is 0 Å². The first-order chi connectivity index (χ1) is 7.00. The van der Waals surface area contributed by atoms with Crippen LogP contribution >= 0.6 is 11.6 Å². The molecule has 2 aliphatic rings. The molecule has 78 valence electrons. The van der Waals surface area contributed by atoms with Gasteiger partial charge in [-0.15, -0.1) is 0 Å².